The molecule has 0 aliphatic carbocycles. The van der Waals surface area contributed by atoms with Crippen molar-refractivity contribution in [2.45, 2.75) is 6.04 Å². The fourth-order valence-corrected chi connectivity index (χ4v) is 3.04. The molecule has 3 aromatic rings. The molecule has 0 saturated carbocycles. The summed E-state index contributed by atoms with van der Waals surface area (Å²) in [4.78, 5) is 4.74. The molecule has 1 N–H and O–H groups in total. The standard InChI is InChI=1S/C19H14N2OS/c23-19(13-9-11-20-12-10-13)21-18-14-5-1-3-7-16(14)22-17-8-4-2-6-15(17)18/h1-12,18H,(H,21,23). The second kappa shape index (κ2) is 5.82. The zero-order valence-corrected chi connectivity index (χ0v) is 13.1. The Balaban J connectivity index is 1.74. The summed E-state index contributed by atoms with van der Waals surface area (Å²) >= 11 is 5.58. The van der Waals surface area contributed by atoms with Crippen LogP contribution in [0, 0.1) is 0 Å². The van der Waals surface area contributed by atoms with Crippen molar-refractivity contribution in [3.63, 3.8) is 0 Å². The Hall–Kier alpha value is -2.72. The van der Waals surface area contributed by atoms with Gasteiger partial charge < -0.3 is 10.1 Å². The molecular formula is C19H14N2OS. The highest BCUT2D eigenvalue weighted by atomic mass is 32.1. The molecule has 3 nitrogen and oxygen atoms in total. The van der Waals surface area contributed by atoms with Crippen LogP contribution in [0.1, 0.15) is 22.7 Å². The lowest BCUT2D eigenvalue weighted by molar-refractivity contribution is 0.441. The zero-order valence-electron chi connectivity index (χ0n) is 12.3. The van der Waals surface area contributed by atoms with Crippen LogP contribution in [0.2, 0.25) is 0 Å². The van der Waals surface area contributed by atoms with Crippen molar-refractivity contribution in [1.82, 2.24) is 10.3 Å². The minimum Gasteiger partial charge on any atom is -0.457 e. The number of rotatable bonds is 2. The highest BCUT2D eigenvalue weighted by molar-refractivity contribution is 7.80. The maximum absolute atomic E-state index is 6.00. The highest BCUT2D eigenvalue weighted by Gasteiger charge is 2.27. The largest absolute Gasteiger partial charge is 0.457 e. The summed E-state index contributed by atoms with van der Waals surface area (Å²) in [6, 6.07) is 19.9. The second-order valence-electron chi connectivity index (χ2n) is 5.32. The third-order valence-electron chi connectivity index (χ3n) is 3.90. The van der Waals surface area contributed by atoms with Gasteiger partial charge in [-0.05, 0) is 24.3 Å². The summed E-state index contributed by atoms with van der Waals surface area (Å²) < 4.78 is 6.00. The summed E-state index contributed by atoms with van der Waals surface area (Å²) in [6.45, 7) is 0. The van der Waals surface area contributed by atoms with Crippen molar-refractivity contribution < 1.29 is 4.74 Å². The van der Waals surface area contributed by atoms with Gasteiger partial charge in [-0.25, -0.2) is 0 Å². The molecule has 4 heteroatoms. The van der Waals surface area contributed by atoms with Crippen molar-refractivity contribution >= 4 is 17.2 Å². The Morgan fingerprint density at radius 3 is 2.04 bits per heavy atom. The number of aromatic nitrogens is 1. The molecule has 23 heavy (non-hydrogen) atoms. The number of benzene rings is 2. The molecule has 112 valence electrons. The Morgan fingerprint density at radius 1 is 0.870 bits per heavy atom. The number of ether oxygens (including phenoxy) is 1. The predicted molar refractivity (Wildman–Crippen MR) is 93.9 cm³/mol. The maximum Gasteiger partial charge on any atom is 0.133 e. The smallest absolute Gasteiger partial charge is 0.133 e. The number of hydrogen-bond donors (Lipinski definition) is 1. The average Bonchev–Trinajstić information content (AvgIpc) is 2.62. The Kier molecular flexibility index (Phi) is 3.52. The fraction of sp³-hybridized carbons (Fsp3) is 0.0526. The molecule has 0 spiro atoms. The summed E-state index contributed by atoms with van der Waals surface area (Å²) in [5.74, 6) is 1.72. The lowest BCUT2D eigenvalue weighted by atomic mass is 9.94. The average molecular weight is 318 g/mol. The van der Waals surface area contributed by atoms with Crippen molar-refractivity contribution in [2.24, 2.45) is 0 Å². The first-order valence-electron chi connectivity index (χ1n) is 7.39. The van der Waals surface area contributed by atoms with Crippen molar-refractivity contribution in [3.8, 4) is 11.5 Å². The Morgan fingerprint density at radius 2 is 1.43 bits per heavy atom. The van der Waals surface area contributed by atoms with E-state index in [0.717, 1.165) is 28.2 Å². The van der Waals surface area contributed by atoms with Gasteiger partial charge in [0, 0.05) is 29.1 Å². The topological polar surface area (TPSA) is 34.1 Å². The van der Waals surface area contributed by atoms with Crippen LogP contribution in [-0.2, 0) is 0 Å². The number of hydrogen-bond acceptors (Lipinski definition) is 3. The quantitative estimate of drug-likeness (QED) is 0.717. The van der Waals surface area contributed by atoms with Crippen LogP contribution in [0.4, 0.5) is 0 Å². The Labute approximate surface area is 140 Å². The molecule has 1 aliphatic heterocycles. The SMILES string of the molecule is S=C(NC1c2ccccc2Oc2ccccc21)c1ccncc1. The van der Waals surface area contributed by atoms with Gasteiger partial charge in [-0.15, -0.1) is 0 Å². The first-order chi connectivity index (χ1) is 11.3. The summed E-state index contributed by atoms with van der Waals surface area (Å²) in [7, 11) is 0. The molecule has 2 heterocycles. The van der Waals surface area contributed by atoms with E-state index in [4.69, 9.17) is 17.0 Å². The van der Waals surface area contributed by atoms with Crippen molar-refractivity contribution in [1.29, 1.82) is 0 Å². The maximum atomic E-state index is 6.00. The highest BCUT2D eigenvalue weighted by Crippen LogP contribution is 2.42. The van der Waals surface area contributed by atoms with Crippen LogP contribution in [0.5, 0.6) is 11.5 Å². The predicted octanol–water partition coefficient (Wildman–Crippen LogP) is 4.24. The van der Waals surface area contributed by atoms with Gasteiger partial charge >= 0.3 is 0 Å². The normalized spacial score (nSPS) is 12.7. The van der Waals surface area contributed by atoms with Crippen molar-refractivity contribution in [3.05, 3.63) is 89.7 Å². The van der Waals surface area contributed by atoms with E-state index >= 15 is 0 Å². The second-order valence-corrected chi connectivity index (χ2v) is 5.73. The summed E-state index contributed by atoms with van der Waals surface area (Å²) in [5, 5.41) is 3.47. The van der Waals surface area contributed by atoms with Crippen LogP contribution < -0.4 is 10.1 Å². The van der Waals surface area contributed by atoms with E-state index in [9.17, 15) is 0 Å². The summed E-state index contributed by atoms with van der Waals surface area (Å²) in [5.41, 5.74) is 3.13. The molecule has 0 saturated heterocycles. The lowest BCUT2D eigenvalue weighted by Gasteiger charge is -2.29. The number of pyridine rings is 1. The van der Waals surface area contributed by atoms with Crippen LogP contribution in [0.25, 0.3) is 0 Å². The molecule has 0 radical (unpaired) electrons. The van der Waals surface area contributed by atoms with Gasteiger partial charge in [0.1, 0.15) is 16.5 Å². The van der Waals surface area contributed by atoms with E-state index in [1.807, 2.05) is 48.5 Å². The molecule has 0 unspecified atom stereocenters. The molecule has 0 amide bonds. The number of para-hydroxylation sites is 2. The van der Waals surface area contributed by atoms with Gasteiger partial charge in [0.25, 0.3) is 0 Å². The van der Waals surface area contributed by atoms with Crippen LogP contribution >= 0.6 is 12.2 Å². The van der Waals surface area contributed by atoms with Gasteiger partial charge in [-0.1, -0.05) is 48.6 Å². The molecule has 2 aromatic carbocycles. The van der Waals surface area contributed by atoms with Gasteiger partial charge in [-0.2, -0.15) is 0 Å². The number of thiocarbonyl (C=S) groups is 1. The van der Waals surface area contributed by atoms with E-state index < -0.39 is 0 Å². The van der Waals surface area contributed by atoms with Crippen LogP contribution in [-0.4, -0.2) is 9.97 Å². The van der Waals surface area contributed by atoms with Crippen molar-refractivity contribution in [2.75, 3.05) is 0 Å². The van der Waals surface area contributed by atoms with Gasteiger partial charge in [0.2, 0.25) is 0 Å². The molecule has 4 rings (SSSR count). The third-order valence-corrected chi connectivity index (χ3v) is 4.25. The van der Waals surface area contributed by atoms with Gasteiger partial charge in [-0.3, -0.25) is 4.98 Å². The van der Waals surface area contributed by atoms with Gasteiger partial charge in [0.05, 0.1) is 6.04 Å². The van der Waals surface area contributed by atoms with E-state index in [2.05, 4.69) is 22.4 Å². The molecule has 0 atom stereocenters. The van der Waals surface area contributed by atoms with Gasteiger partial charge in [0.15, 0.2) is 0 Å². The molecule has 1 aliphatic rings. The number of fused-ring (bicyclic) bond motifs is 2. The fourth-order valence-electron chi connectivity index (χ4n) is 2.78. The van der Waals surface area contributed by atoms with Crippen LogP contribution in [0.15, 0.2) is 73.1 Å². The monoisotopic (exact) mass is 318 g/mol. The molecule has 0 bridgehead atoms. The van der Waals surface area contributed by atoms with E-state index in [-0.39, 0.29) is 6.04 Å². The minimum atomic E-state index is -0.0307. The van der Waals surface area contributed by atoms with E-state index in [1.165, 1.54) is 0 Å². The third kappa shape index (κ3) is 2.58. The zero-order chi connectivity index (χ0) is 15.6. The van der Waals surface area contributed by atoms with Crippen LogP contribution in [0.3, 0.4) is 0 Å². The summed E-state index contributed by atoms with van der Waals surface area (Å²) in [6.07, 6.45) is 3.49. The Bertz CT molecular complexity index is 819. The number of nitrogens with zero attached hydrogens (tertiary/aromatic N) is 1. The molecule has 0 fully saturated rings. The first kappa shape index (κ1) is 13.9. The minimum absolute atomic E-state index is 0.0307. The molecular weight excluding hydrogens is 304 g/mol. The molecule has 1 aromatic heterocycles. The van der Waals surface area contributed by atoms with E-state index in [0.29, 0.717) is 4.99 Å². The first-order valence-corrected chi connectivity index (χ1v) is 7.80. The van der Waals surface area contributed by atoms with E-state index in [1.54, 1.807) is 12.4 Å². The number of nitrogens with one attached hydrogen (secondary N) is 1. The lowest BCUT2D eigenvalue weighted by Crippen LogP contribution is -2.30.